The highest BCUT2D eigenvalue weighted by Gasteiger charge is 2.07. The lowest BCUT2D eigenvalue weighted by Crippen LogP contribution is -2.25. The fourth-order valence-corrected chi connectivity index (χ4v) is 2.73. The molecule has 1 aromatic heterocycles. The van der Waals surface area contributed by atoms with Gasteiger partial charge in [-0.15, -0.1) is 0 Å². The SMILES string of the molecule is O=C(NCCc1ccc(F)cc1)c1ccnc(NCCc2ccc(F)cc2)c1. The first-order valence-corrected chi connectivity index (χ1v) is 9.07. The van der Waals surface area contributed by atoms with E-state index < -0.39 is 0 Å². The first-order chi connectivity index (χ1) is 13.6. The zero-order chi connectivity index (χ0) is 19.8. The van der Waals surface area contributed by atoms with Gasteiger partial charge in [0.2, 0.25) is 0 Å². The van der Waals surface area contributed by atoms with Gasteiger partial charge in [0, 0.05) is 24.8 Å². The number of carbonyl (C=O) groups is 1. The number of benzene rings is 2. The normalized spacial score (nSPS) is 10.5. The quantitative estimate of drug-likeness (QED) is 0.620. The molecule has 3 rings (SSSR count). The topological polar surface area (TPSA) is 54.0 Å². The van der Waals surface area contributed by atoms with E-state index in [4.69, 9.17) is 0 Å². The monoisotopic (exact) mass is 381 g/mol. The van der Waals surface area contributed by atoms with Crippen molar-refractivity contribution >= 4 is 11.7 Å². The summed E-state index contributed by atoms with van der Waals surface area (Å²) in [6, 6.07) is 15.9. The van der Waals surface area contributed by atoms with Gasteiger partial charge >= 0.3 is 0 Å². The largest absolute Gasteiger partial charge is 0.370 e. The van der Waals surface area contributed by atoms with Crippen LogP contribution in [0.4, 0.5) is 14.6 Å². The third-order valence-electron chi connectivity index (χ3n) is 4.27. The average Bonchev–Trinajstić information content (AvgIpc) is 2.71. The molecular formula is C22H21F2N3O. The number of nitrogens with one attached hydrogen (secondary N) is 2. The highest BCUT2D eigenvalue weighted by atomic mass is 19.1. The number of amides is 1. The van der Waals surface area contributed by atoms with E-state index in [0.717, 1.165) is 17.5 Å². The molecule has 3 aromatic rings. The highest BCUT2D eigenvalue weighted by molar-refractivity contribution is 5.94. The zero-order valence-corrected chi connectivity index (χ0v) is 15.3. The molecule has 0 radical (unpaired) electrons. The van der Waals surface area contributed by atoms with Gasteiger partial charge in [-0.3, -0.25) is 4.79 Å². The molecule has 0 saturated heterocycles. The number of hydrogen-bond donors (Lipinski definition) is 2. The van der Waals surface area contributed by atoms with Crippen molar-refractivity contribution < 1.29 is 13.6 Å². The second-order valence-corrected chi connectivity index (χ2v) is 6.37. The Labute approximate surface area is 162 Å². The van der Waals surface area contributed by atoms with E-state index in [-0.39, 0.29) is 17.5 Å². The predicted octanol–water partition coefficient (Wildman–Crippen LogP) is 3.99. The van der Waals surface area contributed by atoms with Crippen LogP contribution in [0.1, 0.15) is 21.5 Å². The zero-order valence-electron chi connectivity index (χ0n) is 15.3. The Morgan fingerprint density at radius 3 is 2.00 bits per heavy atom. The van der Waals surface area contributed by atoms with Crippen LogP contribution in [0.5, 0.6) is 0 Å². The van der Waals surface area contributed by atoms with Gasteiger partial charge in [0.15, 0.2) is 0 Å². The summed E-state index contributed by atoms with van der Waals surface area (Å²) >= 11 is 0. The smallest absolute Gasteiger partial charge is 0.251 e. The number of aromatic nitrogens is 1. The fraction of sp³-hybridized carbons (Fsp3) is 0.182. The molecule has 144 valence electrons. The molecule has 28 heavy (non-hydrogen) atoms. The van der Waals surface area contributed by atoms with E-state index in [1.807, 2.05) is 0 Å². The Bertz CT molecular complexity index is 912. The molecule has 0 aliphatic carbocycles. The van der Waals surface area contributed by atoms with Crippen LogP contribution in [-0.4, -0.2) is 24.0 Å². The molecule has 0 atom stereocenters. The summed E-state index contributed by atoms with van der Waals surface area (Å²) in [6.07, 6.45) is 2.92. The minimum Gasteiger partial charge on any atom is -0.370 e. The number of anilines is 1. The minimum atomic E-state index is -0.274. The summed E-state index contributed by atoms with van der Waals surface area (Å²) in [5, 5.41) is 6.02. The maximum absolute atomic E-state index is 12.9. The van der Waals surface area contributed by atoms with Gasteiger partial charge in [0.25, 0.3) is 5.91 Å². The molecule has 1 amide bonds. The molecule has 0 saturated carbocycles. The molecule has 0 bridgehead atoms. The molecule has 0 spiro atoms. The number of pyridine rings is 1. The number of hydrogen-bond acceptors (Lipinski definition) is 3. The van der Waals surface area contributed by atoms with Crippen LogP contribution in [0, 0.1) is 11.6 Å². The lowest BCUT2D eigenvalue weighted by atomic mass is 10.1. The maximum Gasteiger partial charge on any atom is 0.251 e. The Kier molecular flexibility index (Phi) is 6.68. The Balaban J connectivity index is 1.46. The molecule has 1 heterocycles. The molecule has 0 unspecified atom stereocenters. The summed E-state index contributed by atoms with van der Waals surface area (Å²) in [5.41, 5.74) is 2.49. The van der Waals surface area contributed by atoms with Crippen LogP contribution < -0.4 is 10.6 Å². The highest BCUT2D eigenvalue weighted by Crippen LogP contribution is 2.09. The molecule has 2 aromatic carbocycles. The lowest BCUT2D eigenvalue weighted by Gasteiger charge is -2.09. The summed E-state index contributed by atoms with van der Waals surface area (Å²) in [7, 11) is 0. The molecule has 0 aliphatic rings. The third kappa shape index (κ3) is 5.87. The van der Waals surface area contributed by atoms with Gasteiger partial charge in [-0.25, -0.2) is 13.8 Å². The van der Waals surface area contributed by atoms with E-state index in [1.165, 1.54) is 24.3 Å². The van der Waals surface area contributed by atoms with Gasteiger partial charge in [-0.1, -0.05) is 24.3 Å². The van der Waals surface area contributed by atoms with Crippen molar-refractivity contribution in [1.82, 2.24) is 10.3 Å². The Hall–Kier alpha value is -3.28. The van der Waals surface area contributed by atoms with Crippen molar-refractivity contribution in [3.63, 3.8) is 0 Å². The maximum atomic E-state index is 12.9. The van der Waals surface area contributed by atoms with Gasteiger partial charge in [-0.05, 0) is 60.4 Å². The van der Waals surface area contributed by atoms with Gasteiger partial charge in [0.05, 0.1) is 0 Å². The third-order valence-corrected chi connectivity index (χ3v) is 4.27. The van der Waals surface area contributed by atoms with E-state index in [0.29, 0.717) is 30.9 Å². The Morgan fingerprint density at radius 2 is 1.39 bits per heavy atom. The average molecular weight is 381 g/mol. The lowest BCUT2D eigenvalue weighted by molar-refractivity contribution is 0.0954. The summed E-state index contributed by atoms with van der Waals surface area (Å²) in [5.74, 6) is -0.111. The molecule has 2 N–H and O–H groups in total. The predicted molar refractivity (Wildman–Crippen MR) is 105 cm³/mol. The van der Waals surface area contributed by atoms with E-state index in [2.05, 4.69) is 15.6 Å². The number of halogens is 2. The van der Waals surface area contributed by atoms with Crippen LogP contribution in [0.3, 0.4) is 0 Å². The van der Waals surface area contributed by atoms with Crippen molar-refractivity contribution in [2.24, 2.45) is 0 Å². The van der Waals surface area contributed by atoms with Gasteiger partial charge < -0.3 is 10.6 Å². The second-order valence-electron chi connectivity index (χ2n) is 6.37. The van der Waals surface area contributed by atoms with Crippen molar-refractivity contribution in [1.29, 1.82) is 0 Å². The van der Waals surface area contributed by atoms with Crippen molar-refractivity contribution in [2.75, 3.05) is 18.4 Å². The molecular weight excluding hydrogens is 360 g/mol. The number of nitrogens with zero attached hydrogens (tertiary/aromatic N) is 1. The number of carbonyl (C=O) groups excluding carboxylic acids is 1. The van der Waals surface area contributed by atoms with Crippen molar-refractivity contribution in [3.05, 3.63) is 95.2 Å². The van der Waals surface area contributed by atoms with E-state index in [1.54, 1.807) is 42.6 Å². The second kappa shape index (κ2) is 9.60. The summed E-state index contributed by atoms with van der Waals surface area (Å²) in [6.45, 7) is 1.08. The van der Waals surface area contributed by atoms with Crippen LogP contribution in [0.2, 0.25) is 0 Å². The van der Waals surface area contributed by atoms with Crippen LogP contribution in [0.15, 0.2) is 66.9 Å². The van der Waals surface area contributed by atoms with E-state index in [9.17, 15) is 13.6 Å². The Morgan fingerprint density at radius 1 is 0.821 bits per heavy atom. The van der Waals surface area contributed by atoms with Crippen LogP contribution in [-0.2, 0) is 12.8 Å². The van der Waals surface area contributed by atoms with Crippen molar-refractivity contribution in [3.8, 4) is 0 Å². The fourth-order valence-electron chi connectivity index (χ4n) is 2.73. The van der Waals surface area contributed by atoms with E-state index >= 15 is 0 Å². The first kappa shape index (κ1) is 19.5. The summed E-state index contributed by atoms with van der Waals surface area (Å²) in [4.78, 5) is 16.5. The van der Waals surface area contributed by atoms with Crippen LogP contribution >= 0.6 is 0 Å². The first-order valence-electron chi connectivity index (χ1n) is 9.07. The number of rotatable bonds is 8. The van der Waals surface area contributed by atoms with Crippen molar-refractivity contribution in [2.45, 2.75) is 12.8 Å². The molecule has 0 fully saturated rings. The van der Waals surface area contributed by atoms with Crippen LogP contribution in [0.25, 0.3) is 0 Å². The standard InChI is InChI=1S/C22H21F2N3O/c23-19-5-1-16(2-6-19)9-12-25-21-15-18(11-14-26-21)22(28)27-13-10-17-3-7-20(24)8-4-17/h1-8,11,14-15H,9-10,12-13H2,(H,25,26)(H,27,28). The van der Waals surface area contributed by atoms with Gasteiger partial charge in [0.1, 0.15) is 17.5 Å². The molecule has 6 heteroatoms. The summed E-state index contributed by atoms with van der Waals surface area (Å²) < 4.78 is 25.8. The molecule has 4 nitrogen and oxygen atoms in total. The van der Waals surface area contributed by atoms with Gasteiger partial charge in [-0.2, -0.15) is 0 Å². The minimum absolute atomic E-state index is 0.189. The molecule has 0 aliphatic heterocycles.